The lowest BCUT2D eigenvalue weighted by molar-refractivity contribution is 0.0941. The number of amides is 1. The van der Waals surface area contributed by atoms with Crippen LogP contribution in [-0.2, 0) is 6.54 Å². The molecule has 4 heteroatoms. The first-order chi connectivity index (χ1) is 8.54. The van der Waals surface area contributed by atoms with Gasteiger partial charge in [-0.1, -0.05) is 13.8 Å². The quantitative estimate of drug-likeness (QED) is 0.814. The molecule has 1 aromatic heterocycles. The summed E-state index contributed by atoms with van der Waals surface area (Å²) in [6.45, 7) is 5.55. The van der Waals surface area contributed by atoms with Crippen molar-refractivity contribution in [1.29, 1.82) is 0 Å². The molecule has 0 saturated heterocycles. The first-order valence-corrected chi connectivity index (χ1v) is 6.60. The highest BCUT2D eigenvalue weighted by Gasteiger charge is 2.42. The van der Waals surface area contributed by atoms with Crippen LogP contribution in [0.25, 0.3) is 0 Å². The van der Waals surface area contributed by atoms with Crippen LogP contribution in [0.5, 0.6) is 0 Å². The van der Waals surface area contributed by atoms with Crippen molar-refractivity contribution in [3.63, 3.8) is 0 Å². The molecule has 4 nitrogen and oxygen atoms in total. The van der Waals surface area contributed by atoms with Gasteiger partial charge in [-0.3, -0.25) is 4.79 Å². The van der Waals surface area contributed by atoms with Gasteiger partial charge in [-0.15, -0.1) is 0 Å². The van der Waals surface area contributed by atoms with Crippen molar-refractivity contribution in [3.05, 3.63) is 23.7 Å². The number of carbonyl (C=O) groups excluding carboxylic acids is 1. The summed E-state index contributed by atoms with van der Waals surface area (Å²) >= 11 is 0. The molecule has 18 heavy (non-hydrogen) atoms. The van der Waals surface area contributed by atoms with Crippen molar-refractivity contribution < 1.29 is 9.21 Å². The first kappa shape index (κ1) is 13.1. The van der Waals surface area contributed by atoms with Crippen LogP contribution in [-0.4, -0.2) is 12.5 Å². The Bertz CT molecular complexity index is 419. The normalized spacial score (nSPS) is 16.9. The van der Waals surface area contributed by atoms with Crippen LogP contribution in [0.2, 0.25) is 0 Å². The maximum Gasteiger partial charge on any atom is 0.254 e. The Kier molecular flexibility index (Phi) is 3.76. The van der Waals surface area contributed by atoms with Gasteiger partial charge in [-0.25, -0.2) is 0 Å². The Balaban J connectivity index is 1.85. The van der Waals surface area contributed by atoms with Gasteiger partial charge in [0.1, 0.15) is 12.0 Å². The van der Waals surface area contributed by atoms with Crippen molar-refractivity contribution in [2.45, 2.75) is 39.7 Å². The summed E-state index contributed by atoms with van der Waals surface area (Å²) in [4.78, 5) is 11.9. The van der Waals surface area contributed by atoms with Crippen molar-refractivity contribution in [2.24, 2.45) is 17.1 Å². The van der Waals surface area contributed by atoms with Crippen LogP contribution < -0.4 is 11.1 Å². The third kappa shape index (κ3) is 3.13. The van der Waals surface area contributed by atoms with Crippen molar-refractivity contribution in [2.75, 3.05) is 6.54 Å². The molecule has 0 spiro atoms. The van der Waals surface area contributed by atoms with E-state index in [1.54, 1.807) is 6.07 Å². The standard InChI is InChI=1S/C14H22N2O2/c1-10(2)6-14(3-4-14)9-16-13(17)11-5-12(7-15)18-8-11/h5,8,10H,3-4,6-7,9,15H2,1-2H3,(H,16,17). The summed E-state index contributed by atoms with van der Waals surface area (Å²) in [5.41, 5.74) is 6.36. The zero-order valence-electron chi connectivity index (χ0n) is 11.2. The topological polar surface area (TPSA) is 68.3 Å². The minimum Gasteiger partial charge on any atom is -0.467 e. The molecular formula is C14H22N2O2. The number of hydrogen-bond donors (Lipinski definition) is 2. The molecular weight excluding hydrogens is 228 g/mol. The Labute approximate surface area is 108 Å². The molecule has 0 atom stereocenters. The summed E-state index contributed by atoms with van der Waals surface area (Å²) in [6.07, 6.45) is 5.11. The van der Waals surface area contributed by atoms with Gasteiger partial charge in [-0.2, -0.15) is 0 Å². The van der Waals surface area contributed by atoms with Gasteiger partial charge in [0.05, 0.1) is 12.1 Å². The van der Waals surface area contributed by atoms with E-state index in [2.05, 4.69) is 19.2 Å². The molecule has 0 aliphatic heterocycles. The molecule has 1 aromatic rings. The summed E-state index contributed by atoms with van der Waals surface area (Å²) in [7, 11) is 0. The SMILES string of the molecule is CC(C)CC1(CNC(=O)c2coc(CN)c2)CC1. The van der Waals surface area contributed by atoms with Crippen LogP contribution in [0.15, 0.2) is 16.7 Å². The maximum atomic E-state index is 11.9. The zero-order valence-corrected chi connectivity index (χ0v) is 11.2. The molecule has 1 fully saturated rings. The molecule has 1 amide bonds. The smallest absolute Gasteiger partial charge is 0.254 e. The van der Waals surface area contributed by atoms with E-state index in [0.717, 1.165) is 6.54 Å². The number of nitrogens with two attached hydrogens (primary N) is 1. The third-order valence-electron chi connectivity index (χ3n) is 3.54. The molecule has 0 radical (unpaired) electrons. The van der Waals surface area contributed by atoms with Crippen LogP contribution in [0.1, 0.15) is 49.2 Å². The van der Waals surface area contributed by atoms with Gasteiger partial charge in [0.25, 0.3) is 5.91 Å². The molecule has 0 bridgehead atoms. The Morgan fingerprint density at radius 2 is 2.28 bits per heavy atom. The summed E-state index contributed by atoms with van der Waals surface area (Å²) < 4.78 is 5.16. The molecule has 1 aliphatic carbocycles. The second kappa shape index (κ2) is 5.14. The van der Waals surface area contributed by atoms with Crippen molar-refractivity contribution in [3.8, 4) is 0 Å². The summed E-state index contributed by atoms with van der Waals surface area (Å²) in [5.74, 6) is 1.26. The second-order valence-electron chi connectivity index (χ2n) is 5.79. The lowest BCUT2D eigenvalue weighted by Crippen LogP contribution is -2.30. The predicted molar refractivity (Wildman–Crippen MR) is 70.1 cm³/mol. The fourth-order valence-corrected chi connectivity index (χ4v) is 2.47. The highest BCUT2D eigenvalue weighted by molar-refractivity contribution is 5.94. The van der Waals surface area contributed by atoms with Gasteiger partial charge >= 0.3 is 0 Å². The number of nitrogens with one attached hydrogen (secondary N) is 1. The van der Waals surface area contributed by atoms with Crippen LogP contribution in [0.4, 0.5) is 0 Å². The summed E-state index contributed by atoms with van der Waals surface area (Å²) in [5, 5.41) is 3.00. The van der Waals surface area contributed by atoms with E-state index in [9.17, 15) is 4.79 Å². The lowest BCUT2D eigenvalue weighted by atomic mass is 9.94. The van der Waals surface area contributed by atoms with E-state index in [4.69, 9.17) is 10.2 Å². The second-order valence-corrected chi connectivity index (χ2v) is 5.79. The van der Waals surface area contributed by atoms with Gasteiger partial charge in [0, 0.05) is 6.54 Å². The zero-order chi connectivity index (χ0) is 13.2. The molecule has 2 rings (SSSR count). The van der Waals surface area contributed by atoms with Gasteiger partial charge < -0.3 is 15.5 Å². The van der Waals surface area contributed by atoms with E-state index in [1.165, 1.54) is 25.5 Å². The van der Waals surface area contributed by atoms with E-state index in [0.29, 0.717) is 29.2 Å². The Hall–Kier alpha value is -1.29. The minimum atomic E-state index is -0.0616. The van der Waals surface area contributed by atoms with Crippen molar-refractivity contribution in [1.82, 2.24) is 5.32 Å². The minimum absolute atomic E-state index is 0.0616. The van der Waals surface area contributed by atoms with E-state index >= 15 is 0 Å². The van der Waals surface area contributed by atoms with Gasteiger partial charge in [0.2, 0.25) is 0 Å². The Morgan fingerprint density at radius 3 is 2.78 bits per heavy atom. The number of hydrogen-bond acceptors (Lipinski definition) is 3. The maximum absolute atomic E-state index is 11.9. The van der Waals surface area contributed by atoms with E-state index < -0.39 is 0 Å². The Morgan fingerprint density at radius 1 is 1.56 bits per heavy atom. The monoisotopic (exact) mass is 250 g/mol. The fraction of sp³-hybridized carbons (Fsp3) is 0.643. The number of rotatable bonds is 6. The molecule has 1 heterocycles. The summed E-state index contributed by atoms with van der Waals surface area (Å²) in [6, 6.07) is 1.71. The van der Waals surface area contributed by atoms with Crippen LogP contribution in [0, 0.1) is 11.3 Å². The van der Waals surface area contributed by atoms with Crippen LogP contribution in [0.3, 0.4) is 0 Å². The molecule has 100 valence electrons. The highest BCUT2D eigenvalue weighted by Crippen LogP contribution is 2.50. The number of carbonyl (C=O) groups is 1. The fourth-order valence-electron chi connectivity index (χ4n) is 2.47. The first-order valence-electron chi connectivity index (χ1n) is 6.60. The number of furan rings is 1. The molecule has 3 N–H and O–H groups in total. The molecule has 0 aromatic carbocycles. The van der Waals surface area contributed by atoms with Crippen LogP contribution >= 0.6 is 0 Å². The average molecular weight is 250 g/mol. The molecule has 1 saturated carbocycles. The van der Waals surface area contributed by atoms with Gasteiger partial charge in [-0.05, 0) is 36.7 Å². The highest BCUT2D eigenvalue weighted by atomic mass is 16.3. The van der Waals surface area contributed by atoms with Crippen molar-refractivity contribution >= 4 is 5.91 Å². The molecule has 1 aliphatic rings. The lowest BCUT2D eigenvalue weighted by Gasteiger charge is -2.17. The van der Waals surface area contributed by atoms with E-state index in [1.807, 2.05) is 0 Å². The van der Waals surface area contributed by atoms with E-state index in [-0.39, 0.29) is 5.91 Å². The van der Waals surface area contributed by atoms with Gasteiger partial charge in [0.15, 0.2) is 0 Å². The largest absolute Gasteiger partial charge is 0.467 e. The average Bonchev–Trinajstić information content (AvgIpc) is 2.92. The predicted octanol–water partition coefficient (Wildman–Crippen LogP) is 2.29. The molecule has 0 unspecified atom stereocenters. The third-order valence-corrected chi connectivity index (χ3v) is 3.54.